The van der Waals surface area contributed by atoms with Gasteiger partial charge in [0, 0.05) is 31.3 Å². The number of methoxy groups -OCH3 is 1. The molecule has 6 nitrogen and oxygen atoms in total. The molecule has 2 aromatic carbocycles. The zero-order valence-corrected chi connectivity index (χ0v) is 19.6. The molecule has 0 aromatic heterocycles. The Hall–Kier alpha value is -2.16. The highest BCUT2D eigenvalue weighted by atomic mass is 127. The van der Waals surface area contributed by atoms with E-state index in [1.807, 2.05) is 25.1 Å². The highest BCUT2D eigenvalue weighted by Gasteiger charge is 2.12. The minimum atomic E-state index is 0. The Labute approximate surface area is 190 Å². The fourth-order valence-electron chi connectivity index (χ4n) is 3.16. The van der Waals surface area contributed by atoms with Crippen LogP contribution in [0, 0.1) is 0 Å². The van der Waals surface area contributed by atoms with Crippen LogP contribution in [0.5, 0.6) is 17.2 Å². The van der Waals surface area contributed by atoms with Gasteiger partial charge in [0.25, 0.3) is 0 Å². The predicted molar refractivity (Wildman–Crippen MR) is 129 cm³/mol. The van der Waals surface area contributed by atoms with Crippen molar-refractivity contribution in [3.05, 3.63) is 47.5 Å². The van der Waals surface area contributed by atoms with Crippen LogP contribution in [0.2, 0.25) is 0 Å². The lowest BCUT2D eigenvalue weighted by molar-refractivity contribution is 0.311. The number of anilines is 1. The minimum Gasteiger partial charge on any atom is -0.493 e. The molecule has 0 fully saturated rings. The number of hydrogen-bond acceptors (Lipinski definition) is 4. The number of aliphatic imine (C=N–C) groups is 1. The molecule has 1 aliphatic heterocycles. The van der Waals surface area contributed by atoms with Crippen molar-refractivity contribution in [1.29, 1.82) is 0 Å². The molecule has 158 valence electrons. The first-order chi connectivity index (χ1) is 13.7. The number of benzene rings is 2. The smallest absolute Gasteiger partial charge is 0.195 e. The van der Waals surface area contributed by atoms with Gasteiger partial charge in [-0.3, -0.25) is 4.99 Å². The number of ether oxygens (including phenoxy) is 3. The average molecular weight is 511 g/mol. The first-order valence-corrected chi connectivity index (χ1v) is 9.84. The fourth-order valence-corrected chi connectivity index (χ4v) is 3.16. The second-order valence-corrected chi connectivity index (χ2v) is 6.47. The number of nitrogens with one attached hydrogen (secondary N) is 2. The van der Waals surface area contributed by atoms with Crippen LogP contribution in [0.3, 0.4) is 0 Å². The topological polar surface area (TPSA) is 64.1 Å². The third-order valence-corrected chi connectivity index (χ3v) is 4.49. The second-order valence-electron chi connectivity index (χ2n) is 6.47. The Bertz CT molecular complexity index is 827. The van der Waals surface area contributed by atoms with Crippen molar-refractivity contribution in [2.24, 2.45) is 4.99 Å². The molecule has 29 heavy (non-hydrogen) atoms. The normalized spacial score (nSPS) is 12.4. The SMILES string of the molecule is CCNC(=NCCc1ccc2c(c1)CCO2)Nc1ccc(OC)c(OCC)c1.I. The molecule has 0 radical (unpaired) electrons. The molecule has 0 saturated heterocycles. The van der Waals surface area contributed by atoms with Crippen molar-refractivity contribution in [1.82, 2.24) is 5.32 Å². The summed E-state index contributed by atoms with van der Waals surface area (Å²) in [4.78, 5) is 4.71. The van der Waals surface area contributed by atoms with Crippen LogP contribution in [0.25, 0.3) is 0 Å². The van der Waals surface area contributed by atoms with E-state index in [4.69, 9.17) is 19.2 Å². The molecule has 3 rings (SSSR count). The van der Waals surface area contributed by atoms with E-state index in [2.05, 4.69) is 35.8 Å². The van der Waals surface area contributed by atoms with Crippen molar-refractivity contribution in [3.63, 3.8) is 0 Å². The van der Waals surface area contributed by atoms with Crippen LogP contribution < -0.4 is 24.8 Å². The summed E-state index contributed by atoms with van der Waals surface area (Å²) in [5.74, 6) is 3.20. The molecule has 0 spiro atoms. The minimum absolute atomic E-state index is 0. The summed E-state index contributed by atoms with van der Waals surface area (Å²) in [7, 11) is 1.64. The molecule has 0 atom stereocenters. The van der Waals surface area contributed by atoms with Crippen LogP contribution in [-0.2, 0) is 12.8 Å². The lowest BCUT2D eigenvalue weighted by Crippen LogP contribution is -2.30. The van der Waals surface area contributed by atoms with Gasteiger partial charge < -0.3 is 24.8 Å². The third kappa shape index (κ3) is 6.42. The zero-order valence-electron chi connectivity index (χ0n) is 17.3. The lowest BCUT2D eigenvalue weighted by Gasteiger charge is -2.14. The number of hydrogen-bond donors (Lipinski definition) is 2. The summed E-state index contributed by atoms with van der Waals surface area (Å²) in [5.41, 5.74) is 3.48. The van der Waals surface area contributed by atoms with Crippen LogP contribution in [0.4, 0.5) is 5.69 Å². The van der Waals surface area contributed by atoms with Crippen molar-refractivity contribution in [2.75, 3.05) is 38.7 Å². The molecule has 2 aromatic rings. The van der Waals surface area contributed by atoms with Crippen molar-refractivity contribution < 1.29 is 14.2 Å². The van der Waals surface area contributed by atoms with E-state index < -0.39 is 0 Å². The highest BCUT2D eigenvalue weighted by molar-refractivity contribution is 14.0. The fraction of sp³-hybridized carbons (Fsp3) is 0.409. The first-order valence-electron chi connectivity index (χ1n) is 9.84. The van der Waals surface area contributed by atoms with Crippen LogP contribution in [0.1, 0.15) is 25.0 Å². The highest BCUT2D eigenvalue weighted by Crippen LogP contribution is 2.30. The van der Waals surface area contributed by atoms with Gasteiger partial charge >= 0.3 is 0 Å². The van der Waals surface area contributed by atoms with Gasteiger partial charge in [-0.2, -0.15) is 0 Å². The maximum Gasteiger partial charge on any atom is 0.195 e. The van der Waals surface area contributed by atoms with E-state index in [0.29, 0.717) is 18.9 Å². The molecule has 1 aliphatic rings. The molecule has 0 amide bonds. The number of nitrogens with zero attached hydrogens (tertiary/aromatic N) is 1. The van der Waals surface area contributed by atoms with Crippen LogP contribution >= 0.6 is 24.0 Å². The van der Waals surface area contributed by atoms with Crippen molar-refractivity contribution >= 4 is 35.6 Å². The first kappa shape index (κ1) is 23.1. The van der Waals surface area contributed by atoms with Crippen LogP contribution in [-0.4, -0.2) is 39.4 Å². The van der Waals surface area contributed by atoms with Gasteiger partial charge in [-0.15, -0.1) is 24.0 Å². The van der Waals surface area contributed by atoms with E-state index in [1.165, 1.54) is 11.1 Å². The molecule has 1 heterocycles. The third-order valence-electron chi connectivity index (χ3n) is 4.49. The van der Waals surface area contributed by atoms with Gasteiger partial charge in [-0.1, -0.05) is 12.1 Å². The Morgan fingerprint density at radius 1 is 1.14 bits per heavy atom. The molecular formula is C22H30IN3O3. The Balaban J connectivity index is 0.00000300. The molecule has 2 N–H and O–H groups in total. The van der Waals surface area contributed by atoms with Crippen molar-refractivity contribution in [2.45, 2.75) is 26.7 Å². The summed E-state index contributed by atoms with van der Waals surface area (Å²) >= 11 is 0. The van der Waals surface area contributed by atoms with Crippen molar-refractivity contribution in [3.8, 4) is 17.2 Å². The zero-order chi connectivity index (χ0) is 19.8. The van der Waals surface area contributed by atoms with E-state index in [-0.39, 0.29) is 24.0 Å². The second kappa shape index (κ2) is 11.7. The molecular weight excluding hydrogens is 481 g/mol. The largest absolute Gasteiger partial charge is 0.493 e. The van der Waals surface area contributed by atoms with Crippen LogP contribution in [0.15, 0.2) is 41.4 Å². The van der Waals surface area contributed by atoms with E-state index in [1.54, 1.807) is 7.11 Å². The summed E-state index contributed by atoms with van der Waals surface area (Å²) < 4.78 is 16.6. The van der Waals surface area contributed by atoms with Gasteiger partial charge in [0.15, 0.2) is 17.5 Å². The maximum atomic E-state index is 5.65. The lowest BCUT2D eigenvalue weighted by atomic mass is 10.1. The monoisotopic (exact) mass is 511 g/mol. The van der Waals surface area contributed by atoms with Gasteiger partial charge in [0.1, 0.15) is 5.75 Å². The number of fused-ring (bicyclic) bond motifs is 1. The van der Waals surface area contributed by atoms with Gasteiger partial charge in [0.2, 0.25) is 0 Å². The maximum absolute atomic E-state index is 5.65. The molecule has 0 aliphatic carbocycles. The van der Waals surface area contributed by atoms with E-state index in [0.717, 1.165) is 49.1 Å². The van der Waals surface area contributed by atoms with Gasteiger partial charge in [-0.25, -0.2) is 0 Å². The summed E-state index contributed by atoms with van der Waals surface area (Å²) in [6, 6.07) is 12.2. The Morgan fingerprint density at radius 2 is 2.00 bits per heavy atom. The van der Waals surface area contributed by atoms with E-state index in [9.17, 15) is 0 Å². The standard InChI is InChI=1S/C22H29N3O3.HI/c1-4-23-22(25-18-7-9-20(26-3)21(15-18)27-5-2)24-12-10-16-6-8-19-17(14-16)11-13-28-19;/h6-9,14-15H,4-5,10-13H2,1-3H3,(H2,23,24,25);1H. The Morgan fingerprint density at radius 3 is 2.76 bits per heavy atom. The van der Waals surface area contributed by atoms with E-state index >= 15 is 0 Å². The molecule has 7 heteroatoms. The molecule has 0 unspecified atom stereocenters. The predicted octanol–water partition coefficient (Wildman–Crippen LogP) is 4.27. The quantitative estimate of drug-likeness (QED) is 0.315. The summed E-state index contributed by atoms with van der Waals surface area (Å²) in [6.45, 7) is 6.87. The Kier molecular flexibility index (Phi) is 9.37. The molecule has 0 bridgehead atoms. The number of rotatable bonds is 8. The summed E-state index contributed by atoms with van der Waals surface area (Å²) in [6.07, 6.45) is 1.88. The van der Waals surface area contributed by atoms with Gasteiger partial charge in [-0.05, 0) is 49.6 Å². The summed E-state index contributed by atoms with van der Waals surface area (Å²) in [5, 5.41) is 6.63. The average Bonchev–Trinajstić information content (AvgIpc) is 3.16. The number of guanidine groups is 1. The molecule has 0 saturated carbocycles. The number of halogens is 1. The van der Waals surface area contributed by atoms with Gasteiger partial charge in [0.05, 0.1) is 20.3 Å².